The summed E-state index contributed by atoms with van der Waals surface area (Å²) < 4.78 is 3.03. The minimum absolute atomic E-state index is 0.138. The van der Waals surface area contributed by atoms with Crippen molar-refractivity contribution >= 4 is 32.3 Å². The van der Waals surface area contributed by atoms with Crippen LogP contribution < -0.4 is 5.56 Å². The number of aromatic nitrogens is 1. The van der Waals surface area contributed by atoms with Gasteiger partial charge < -0.3 is 9.47 Å². The number of rotatable bonds is 4. The molecule has 0 unspecified atom stereocenters. The molecule has 104 valence electrons. The molecule has 0 aliphatic rings. The van der Waals surface area contributed by atoms with Gasteiger partial charge in [-0.15, -0.1) is 11.3 Å². The Morgan fingerprint density at radius 2 is 1.95 bits per heavy atom. The van der Waals surface area contributed by atoms with Crippen LogP contribution in [0, 0.1) is 0 Å². The van der Waals surface area contributed by atoms with Gasteiger partial charge >= 0.3 is 0 Å². The fourth-order valence-corrected chi connectivity index (χ4v) is 3.53. The number of fused-ring (bicyclic) bond motifs is 3. The molecule has 0 aliphatic heterocycles. The van der Waals surface area contributed by atoms with Crippen LogP contribution >= 0.6 is 11.3 Å². The summed E-state index contributed by atoms with van der Waals surface area (Å²) in [5.74, 6) is 0. The molecule has 0 saturated carbocycles. The zero-order valence-corrected chi connectivity index (χ0v) is 12.6. The summed E-state index contributed by atoms with van der Waals surface area (Å²) in [5, 5.41) is 4.03. The normalized spacial score (nSPS) is 11.8. The first kappa shape index (κ1) is 13.3. The lowest BCUT2D eigenvalue weighted by atomic mass is 10.1. The van der Waals surface area contributed by atoms with Gasteiger partial charge in [0.1, 0.15) is 0 Å². The Morgan fingerprint density at radius 1 is 1.15 bits per heavy atom. The summed E-state index contributed by atoms with van der Waals surface area (Å²) in [6.07, 6.45) is 0.979. The van der Waals surface area contributed by atoms with E-state index in [1.54, 1.807) is 11.3 Å². The molecule has 0 atom stereocenters. The standard InChI is InChI=1S/C16H18N2OS/c1-17(2)9-5-10-18-14-7-4-3-6-12(14)15-13(16(18)19)8-11-20-15/h3-4,6-8,11H,5,9-10H2,1-2H3. The first-order valence-corrected chi connectivity index (χ1v) is 7.70. The Hall–Kier alpha value is -1.65. The maximum Gasteiger partial charge on any atom is 0.259 e. The van der Waals surface area contributed by atoms with Gasteiger partial charge in [0, 0.05) is 16.6 Å². The molecule has 2 aromatic heterocycles. The molecular formula is C16H18N2OS. The van der Waals surface area contributed by atoms with E-state index in [1.165, 1.54) is 5.39 Å². The molecule has 0 aliphatic carbocycles. The topological polar surface area (TPSA) is 25.2 Å². The molecule has 1 aromatic carbocycles. The van der Waals surface area contributed by atoms with Crippen molar-refractivity contribution in [1.29, 1.82) is 0 Å². The summed E-state index contributed by atoms with van der Waals surface area (Å²) in [6, 6.07) is 10.1. The molecule has 0 fully saturated rings. The molecule has 0 spiro atoms. The SMILES string of the molecule is CN(C)CCCn1c(=O)c2ccsc2c2ccccc21. The first-order valence-electron chi connectivity index (χ1n) is 6.82. The summed E-state index contributed by atoms with van der Waals surface area (Å²) >= 11 is 1.65. The number of thiophene rings is 1. The van der Waals surface area contributed by atoms with Gasteiger partial charge in [0.25, 0.3) is 5.56 Å². The van der Waals surface area contributed by atoms with E-state index in [2.05, 4.69) is 25.1 Å². The highest BCUT2D eigenvalue weighted by Crippen LogP contribution is 2.27. The van der Waals surface area contributed by atoms with Gasteiger partial charge in [0.2, 0.25) is 0 Å². The molecule has 3 nitrogen and oxygen atoms in total. The monoisotopic (exact) mass is 286 g/mol. The molecule has 0 radical (unpaired) electrons. The third kappa shape index (κ3) is 2.25. The number of hydrogen-bond acceptors (Lipinski definition) is 3. The zero-order chi connectivity index (χ0) is 14.1. The van der Waals surface area contributed by atoms with Crippen molar-refractivity contribution in [2.75, 3.05) is 20.6 Å². The third-order valence-corrected chi connectivity index (χ3v) is 4.51. The molecule has 3 aromatic rings. The van der Waals surface area contributed by atoms with Crippen molar-refractivity contribution in [2.45, 2.75) is 13.0 Å². The highest BCUT2D eigenvalue weighted by atomic mass is 32.1. The van der Waals surface area contributed by atoms with E-state index in [4.69, 9.17) is 0 Å². The number of hydrogen-bond donors (Lipinski definition) is 0. The van der Waals surface area contributed by atoms with E-state index in [-0.39, 0.29) is 5.56 Å². The fraction of sp³-hybridized carbons (Fsp3) is 0.312. The third-order valence-electron chi connectivity index (χ3n) is 3.57. The molecule has 0 saturated heterocycles. The van der Waals surface area contributed by atoms with Gasteiger partial charge in [0.05, 0.1) is 10.9 Å². The van der Waals surface area contributed by atoms with Crippen molar-refractivity contribution in [3.05, 3.63) is 46.1 Å². The van der Waals surface area contributed by atoms with Crippen LogP contribution in [0.2, 0.25) is 0 Å². The molecule has 2 heterocycles. The second kappa shape index (κ2) is 5.38. The molecule has 20 heavy (non-hydrogen) atoms. The van der Waals surface area contributed by atoms with Crippen LogP contribution in [0.4, 0.5) is 0 Å². The molecule has 0 amide bonds. The second-order valence-electron chi connectivity index (χ2n) is 5.29. The molecule has 4 heteroatoms. The number of pyridine rings is 1. The Kier molecular flexibility index (Phi) is 3.59. The van der Waals surface area contributed by atoms with E-state index in [9.17, 15) is 4.79 Å². The van der Waals surface area contributed by atoms with Gasteiger partial charge in [0.15, 0.2) is 0 Å². The number of aryl methyl sites for hydroxylation is 1. The second-order valence-corrected chi connectivity index (χ2v) is 6.21. The number of nitrogens with zero attached hydrogens (tertiary/aromatic N) is 2. The molecule has 3 rings (SSSR count). The lowest BCUT2D eigenvalue weighted by molar-refractivity contribution is 0.387. The van der Waals surface area contributed by atoms with E-state index in [0.29, 0.717) is 0 Å². The van der Waals surface area contributed by atoms with Crippen molar-refractivity contribution in [1.82, 2.24) is 9.47 Å². The van der Waals surface area contributed by atoms with Crippen LogP contribution in [0.15, 0.2) is 40.5 Å². The van der Waals surface area contributed by atoms with Crippen LogP contribution in [0.25, 0.3) is 21.0 Å². The highest BCUT2D eigenvalue weighted by molar-refractivity contribution is 7.18. The van der Waals surface area contributed by atoms with Crippen molar-refractivity contribution in [2.24, 2.45) is 0 Å². The molecule has 0 bridgehead atoms. The summed E-state index contributed by atoms with van der Waals surface area (Å²) in [7, 11) is 4.12. The van der Waals surface area contributed by atoms with Crippen molar-refractivity contribution in [3.8, 4) is 0 Å². The van der Waals surface area contributed by atoms with Gasteiger partial charge in [-0.2, -0.15) is 0 Å². The summed E-state index contributed by atoms with van der Waals surface area (Å²) in [6.45, 7) is 1.76. The Bertz CT molecular complexity index is 801. The maximum absolute atomic E-state index is 12.6. The lowest BCUT2D eigenvalue weighted by Crippen LogP contribution is -2.23. The van der Waals surface area contributed by atoms with Crippen LogP contribution in [-0.2, 0) is 6.54 Å². The van der Waals surface area contributed by atoms with E-state index >= 15 is 0 Å². The predicted molar refractivity (Wildman–Crippen MR) is 86.8 cm³/mol. The molecular weight excluding hydrogens is 268 g/mol. The van der Waals surface area contributed by atoms with Crippen LogP contribution in [0.1, 0.15) is 6.42 Å². The number of benzene rings is 1. The summed E-state index contributed by atoms with van der Waals surface area (Å²) in [5.41, 5.74) is 1.19. The summed E-state index contributed by atoms with van der Waals surface area (Å²) in [4.78, 5) is 14.8. The highest BCUT2D eigenvalue weighted by Gasteiger charge is 2.10. The first-order chi connectivity index (χ1) is 9.68. The van der Waals surface area contributed by atoms with Crippen LogP contribution in [0.5, 0.6) is 0 Å². The van der Waals surface area contributed by atoms with Gasteiger partial charge in [-0.1, -0.05) is 18.2 Å². The smallest absolute Gasteiger partial charge is 0.259 e. The van der Waals surface area contributed by atoms with E-state index in [0.717, 1.165) is 35.1 Å². The largest absolute Gasteiger partial charge is 0.309 e. The predicted octanol–water partition coefficient (Wildman–Crippen LogP) is 3.17. The molecule has 0 N–H and O–H groups in total. The Morgan fingerprint density at radius 3 is 2.75 bits per heavy atom. The Labute approximate surface area is 122 Å². The van der Waals surface area contributed by atoms with E-state index < -0.39 is 0 Å². The van der Waals surface area contributed by atoms with Gasteiger partial charge in [-0.05, 0) is 44.6 Å². The van der Waals surface area contributed by atoms with Crippen LogP contribution in [-0.4, -0.2) is 30.1 Å². The maximum atomic E-state index is 12.6. The van der Waals surface area contributed by atoms with Crippen molar-refractivity contribution in [3.63, 3.8) is 0 Å². The Balaban J connectivity index is 2.17. The quantitative estimate of drug-likeness (QED) is 0.736. The average Bonchev–Trinajstić information content (AvgIpc) is 2.92. The number of para-hydroxylation sites is 1. The fourth-order valence-electron chi connectivity index (χ4n) is 2.61. The van der Waals surface area contributed by atoms with Gasteiger partial charge in [-0.25, -0.2) is 0 Å². The van der Waals surface area contributed by atoms with Crippen LogP contribution in [0.3, 0.4) is 0 Å². The minimum atomic E-state index is 0.138. The van der Waals surface area contributed by atoms with Gasteiger partial charge in [-0.3, -0.25) is 4.79 Å². The zero-order valence-electron chi connectivity index (χ0n) is 11.8. The van der Waals surface area contributed by atoms with E-state index in [1.807, 2.05) is 34.2 Å². The van der Waals surface area contributed by atoms with Crippen molar-refractivity contribution < 1.29 is 0 Å². The average molecular weight is 286 g/mol. The minimum Gasteiger partial charge on any atom is -0.309 e. The lowest BCUT2D eigenvalue weighted by Gasteiger charge is -2.13.